The molecular weight excluding hydrogens is 388 g/mol. The van der Waals surface area contributed by atoms with Crippen molar-refractivity contribution in [1.82, 2.24) is 29.1 Å². The Kier molecular flexibility index (Phi) is 6.68. The van der Waals surface area contributed by atoms with Gasteiger partial charge in [0.2, 0.25) is 5.91 Å². The third-order valence-electron chi connectivity index (χ3n) is 5.73. The lowest BCUT2D eigenvalue weighted by atomic mass is 9.95. The standard InChI is InChI=1S/C20H28N6O2S/c27-19(24-11-13-28-14-12-24)17-4-8-23(9-5-17)16-26-20(29)25(15-22-26)10-6-18-3-1-2-7-21-18/h1-3,7,15,17H,4-6,8-14,16H2. The maximum atomic E-state index is 12.7. The number of aryl methyl sites for hydroxylation is 2. The highest BCUT2D eigenvalue weighted by atomic mass is 32.1. The number of likely N-dealkylation sites (tertiary alicyclic amines) is 1. The number of carbonyl (C=O) groups excluding carboxylic acids is 1. The Morgan fingerprint density at radius 1 is 1.17 bits per heavy atom. The number of pyridine rings is 1. The fourth-order valence-corrected chi connectivity index (χ4v) is 4.20. The highest BCUT2D eigenvalue weighted by Gasteiger charge is 2.29. The summed E-state index contributed by atoms with van der Waals surface area (Å²) >= 11 is 5.60. The third-order valence-corrected chi connectivity index (χ3v) is 6.17. The second-order valence-electron chi connectivity index (χ2n) is 7.65. The van der Waals surface area contributed by atoms with Gasteiger partial charge in [0, 0.05) is 57.0 Å². The van der Waals surface area contributed by atoms with Crippen LogP contribution in [0.4, 0.5) is 0 Å². The Morgan fingerprint density at radius 3 is 2.69 bits per heavy atom. The van der Waals surface area contributed by atoms with E-state index in [0.29, 0.717) is 25.8 Å². The van der Waals surface area contributed by atoms with Gasteiger partial charge in [0.15, 0.2) is 4.77 Å². The second-order valence-corrected chi connectivity index (χ2v) is 8.01. The molecule has 0 N–H and O–H groups in total. The van der Waals surface area contributed by atoms with Crippen molar-refractivity contribution in [2.75, 3.05) is 39.4 Å². The van der Waals surface area contributed by atoms with Gasteiger partial charge in [-0.1, -0.05) is 6.07 Å². The minimum atomic E-state index is 0.133. The number of carbonyl (C=O) groups is 1. The normalized spacial score (nSPS) is 18.8. The zero-order chi connectivity index (χ0) is 20.1. The summed E-state index contributed by atoms with van der Waals surface area (Å²) < 4.78 is 9.95. The van der Waals surface area contributed by atoms with Crippen molar-refractivity contribution in [3.05, 3.63) is 41.2 Å². The van der Waals surface area contributed by atoms with Gasteiger partial charge in [-0.2, -0.15) is 5.10 Å². The molecule has 2 aromatic heterocycles. The first-order valence-electron chi connectivity index (χ1n) is 10.3. The number of rotatable bonds is 6. The number of amides is 1. The van der Waals surface area contributed by atoms with Crippen molar-refractivity contribution in [2.45, 2.75) is 32.5 Å². The molecule has 0 bridgehead atoms. The van der Waals surface area contributed by atoms with Gasteiger partial charge in [-0.05, 0) is 37.2 Å². The largest absolute Gasteiger partial charge is 0.378 e. The number of aromatic nitrogens is 4. The summed E-state index contributed by atoms with van der Waals surface area (Å²) in [6.07, 6.45) is 6.23. The molecule has 0 aliphatic carbocycles. The number of hydrogen-bond acceptors (Lipinski definition) is 6. The van der Waals surface area contributed by atoms with Gasteiger partial charge in [-0.25, -0.2) is 4.68 Å². The topological polar surface area (TPSA) is 68.4 Å². The van der Waals surface area contributed by atoms with Gasteiger partial charge >= 0.3 is 0 Å². The fourth-order valence-electron chi connectivity index (χ4n) is 3.96. The summed E-state index contributed by atoms with van der Waals surface area (Å²) in [5, 5.41) is 4.47. The highest BCUT2D eigenvalue weighted by molar-refractivity contribution is 7.71. The second kappa shape index (κ2) is 9.60. The van der Waals surface area contributed by atoms with E-state index in [9.17, 15) is 4.79 Å². The van der Waals surface area contributed by atoms with Crippen molar-refractivity contribution in [3.63, 3.8) is 0 Å². The Morgan fingerprint density at radius 2 is 1.97 bits per heavy atom. The molecule has 1 amide bonds. The first-order valence-corrected chi connectivity index (χ1v) is 10.7. The number of nitrogens with zero attached hydrogens (tertiary/aromatic N) is 6. The van der Waals surface area contributed by atoms with Crippen LogP contribution in [0.5, 0.6) is 0 Å². The molecule has 0 unspecified atom stereocenters. The first-order chi connectivity index (χ1) is 14.2. The van der Waals surface area contributed by atoms with E-state index in [1.54, 1.807) is 6.33 Å². The van der Waals surface area contributed by atoms with E-state index in [0.717, 1.165) is 62.5 Å². The minimum Gasteiger partial charge on any atom is -0.378 e. The molecule has 156 valence electrons. The molecule has 8 nitrogen and oxygen atoms in total. The van der Waals surface area contributed by atoms with E-state index >= 15 is 0 Å². The van der Waals surface area contributed by atoms with Crippen LogP contribution in [0.1, 0.15) is 18.5 Å². The van der Waals surface area contributed by atoms with Gasteiger partial charge in [0.1, 0.15) is 6.33 Å². The van der Waals surface area contributed by atoms with Crippen LogP contribution in [0.25, 0.3) is 0 Å². The Hall–Kier alpha value is -2.10. The molecule has 0 saturated carbocycles. The quantitative estimate of drug-likeness (QED) is 0.666. The smallest absolute Gasteiger partial charge is 0.225 e. The van der Waals surface area contributed by atoms with E-state index in [4.69, 9.17) is 17.0 Å². The predicted octanol–water partition coefficient (Wildman–Crippen LogP) is 1.58. The molecule has 4 heterocycles. The van der Waals surface area contributed by atoms with Crippen LogP contribution in [0.2, 0.25) is 0 Å². The van der Waals surface area contributed by atoms with Crippen LogP contribution in [0.3, 0.4) is 0 Å². The third kappa shape index (κ3) is 5.09. The summed E-state index contributed by atoms with van der Waals surface area (Å²) in [5.74, 6) is 0.427. The predicted molar refractivity (Wildman–Crippen MR) is 111 cm³/mol. The molecule has 0 radical (unpaired) electrons. The van der Waals surface area contributed by atoms with Crippen molar-refractivity contribution in [1.29, 1.82) is 0 Å². The lowest BCUT2D eigenvalue weighted by Gasteiger charge is -2.35. The van der Waals surface area contributed by atoms with Gasteiger partial charge in [-0.3, -0.25) is 14.7 Å². The maximum absolute atomic E-state index is 12.7. The average Bonchev–Trinajstić information content (AvgIpc) is 3.13. The molecule has 2 fully saturated rings. The molecule has 0 aromatic carbocycles. The summed E-state index contributed by atoms with van der Waals surface area (Å²) in [4.78, 5) is 21.3. The van der Waals surface area contributed by atoms with Crippen LogP contribution in [0.15, 0.2) is 30.7 Å². The number of ether oxygens (including phenoxy) is 1. The molecule has 9 heteroatoms. The minimum absolute atomic E-state index is 0.133. The summed E-state index contributed by atoms with van der Waals surface area (Å²) in [6.45, 7) is 6.00. The molecule has 29 heavy (non-hydrogen) atoms. The van der Waals surface area contributed by atoms with Gasteiger partial charge in [-0.15, -0.1) is 0 Å². The fraction of sp³-hybridized carbons (Fsp3) is 0.600. The van der Waals surface area contributed by atoms with Crippen LogP contribution >= 0.6 is 12.2 Å². The zero-order valence-electron chi connectivity index (χ0n) is 16.7. The molecule has 2 aliphatic heterocycles. The van der Waals surface area contributed by atoms with Crippen molar-refractivity contribution in [3.8, 4) is 0 Å². The van der Waals surface area contributed by atoms with E-state index in [1.807, 2.05) is 38.5 Å². The SMILES string of the molecule is O=C(C1CCN(Cn2ncn(CCc3ccccn3)c2=S)CC1)N1CCOCC1. The van der Waals surface area contributed by atoms with Crippen molar-refractivity contribution >= 4 is 18.1 Å². The van der Waals surface area contributed by atoms with Crippen molar-refractivity contribution in [2.24, 2.45) is 5.92 Å². The summed E-state index contributed by atoms with van der Waals surface area (Å²) in [7, 11) is 0. The molecule has 2 aliphatic rings. The Balaban J connectivity index is 1.27. The van der Waals surface area contributed by atoms with E-state index in [1.165, 1.54) is 0 Å². The highest BCUT2D eigenvalue weighted by Crippen LogP contribution is 2.20. The molecule has 2 aromatic rings. The lowest BCUT2D eigenvalue weighted by Crippen LogP contribution is -2.47. The Labute approximate surface area is 176 Å². The lowest BCUT2D eigenvalue weighted by molar-refractivity contribution is -0.141. The molecular formula is C20H28N6O2S. The van der Waals surface area contributed by atoms with Crippen LogP contribution in [-0.2, 0) is 29.2 Å². The number of piperidine rings is 1. The molecule has 2 saturated heterocycles. The molecule has 0 atom stereocenters. The zero-order valence-corrected chi connectivity index (χ0v) is 17.5. The maximum Gasteiger partial charge on any atom is 0.225 e. The van der Waals surface area contributed by atoms with Gasteiger partial charge < -0.3 is 14.2 Å². The van der Waals surface area contributed by atoms with Gasteiger partial charge in [0.05, 0.1) is 19.9 Å². The average molecular weight is 417 g/mol. The summed E-state index contributed by atoms with van der Waals surface area (Å²) in [5.41, 5.74) is 1.05. The molecule has 0 spiro atoms. The van der Waals surface area contributed by atoms with E-state index in [-0.39, 0.29) is 5.92 Å². The Bertz CT molecular complexity index is 853. The van der Waals surface area contributed by atoms with Crippen LogP contribution in [-0.4, -0.2) is 74.4 Å². The van der Waals surface area contributed by atoms with Gasteiger partial charge in [0.25, 0.3) is 0 Å². The number of morpholine rings is 1. The monoisotopic (exact) mass is 416 g/mol. The van der Waals surface area contributed by atoms with Crippen LogP contribution in [0, 0.1) is 10.7 Å². The van der Waals surface area contributed by atoms with Crippen LogP contribution < -0.4 is 0 Å². The van der Waals surface area contributed by atoms with E-state index in [2.05, 4.69) is 15.0 Å². The summed E-state index contributed by atoms with van der Waals surface area (Å²) in [6, 6.07) is 5.94. The first kappa shape index (κ1) is 20.2. The number of hydrogen-bond donors (Lipinski definition) is 0. The van der Waals surface area contributed by atoms with E-state index < -0.39 is 0 Å². The molecule has 4 rings (SSSR count). The van der Waals surface area contributed by atoms with Crippen molar-refractivity contribution < 1.29 is 9.53 Å².